The van der Waals surface area contributed by atoms with Crippen LogP contribution in [-0.2, 0) is 32.0 Å². The molecule has 6 rings (SSSR count). The number of fused-ring (bicyclic) bond motifs is 2. The van der Waals surface area contributed by atoms with Crippen molar-refractivity contribution in [2.45, 2.75) is 91.1 Å². The SMILES string of the molecule is CC(C)c1nc2c(F)c(F)c(-c3ccc(C[C@H](CC(=O)C4CCC(CNC(=O)OC(C)(C)C)CC4)C(=O)Nc4ccc5c(c4)NC(=O)C5)cc3)cc2[nH]1. The highest BCUT2D eigenvalue weighted by Gasteiger charge is 2.31. The van der Waals surface area contributed by atoms with Gasteiger partial charge in [-0.15, -0.1) is 0 Å². The summed E-state index contributed by atoms with van der Waals surface area (Å²) >= 11 is 0. The van der Waals surface area contributed by atoms with Crippen LogP contribution in [0.1, 0.15) is 89.6 Å². The molecule has 1 saturated carbocycles. The molecule has 1 fully saturated rings. The summed E-state index contributed by atoms with van der Waals surface area (Å²) in [6.07, 6.45) is 2.94. The summed E-state index contributed by atoms with van der Waals surface area (Å²) in [5.74, 6) is -2.55. The summed E-state index contributed by atoms with van der Waals surface area (Å²) in [6.45, 7) is 9.74. The minimum Gasteiger partial charge on any atom is -0.444 e. The van der Waals surface area contributed by atoms with Crippen LogP contribution < -0.4 is 16.0 Å². The Labute approximate surface area is 307 Å². The number of alkyl carbamates (subject to hydrolysis) is 1. The number of ether oxygens (including phenoxy) is 1. The lowest BCUT2D eigenvalue weighted by Gasteiger charge is -2.29. The summed E-state index contributed by atoms with van der Waals surface area (Å²) in [5, 5.41) is 8.58. The second-order valence-corrected chi connectivity index (χ2v) is 15.7. The number of benzene rings is 3. The molecule has 1 aromatic heterocycles. The van der Waals surface area contributed by atoms with Gasteiger partial charge in [-0.3, -0.25) is 14.4 Å². The normalized spacial score (nSPS) is 17.7. The Morgan fingerprint density at radius 2 is 1.70 bits per heavy atom. The van der Waals surface area contributed by atoms with Crippen LogP contribution in [0.2, 0.25) is 0 Å². The number of halogens is 2. The number of carbonyl (C=O) groups is 4. The molecule has 2 heterocycles. The number of aromatic amines is 1. The molecule has 1 aliphatic heterocycles. The van der Waals surface area contributed by atoms with Crippen molar-refractivity contribution in [2.75, 3.05) is 17.2 Å². The molecule has 1 atom stereocenters. The van der Waals surface area contributed by atoms with E-state index in [-0.39, 0.29) is 65.7 Å². The van der Waals surface area contributed by atoms with Gasteiger partial charge in [-0.1, -0.05) is 44.2 Å². The van der Waals surface area contributed by atoms with Gasteiger partial charge in [0.1, 0.15) is 22.7 Å². The number of rotatable bonds is 11. The average molecular weight is 728 g/mol. The number of aromatic nitrogens is 2. The highest BCUT2D eigenvalue weighted by molar-refractivity contribution is 6.01. The van der Waals surface area contributed by atoms with Crippen LogP contribution >= 0.6 is 0 Å². The quantitative estimate of drug-likeness (QED) is 0.123. The van der Waals surface area contributed by atoms with E-state index in [9.17, 15) is 19.2 Å². The van der Waals surface area contributed by atoms with Crippen LogP contribution in [-0.4, -0.2) is 45.8 Å². The lowest BCUT2D eigenvalue weighted by molar-refractivity contribution is -0.129. The van der Waals surface area contributed by atoms with E-state index in [0.717, 1.165) is 24.0 Å². The van der Waals surface area contributed by atoms with E-state index < -0.39 is 29.2 Å². The second-order valence-electron chi connectivity index (χ2n) is 15.7. The Morgan fingerprint density at radius 3 is 2.38 bits per heavy atom. The maximum absolute atomic E-state index is 15.3. The number of anilines is 2. The Balaban J connectivity index is 1.15. The van der Waals surface area contributed by atoms with Gasteiger partial charge in [0.2, 0.25) is 11.8 Å². The molecule has 4 aromatic rings. The van der Waals surface area contributed by atoms with E-state index in [1.165, 1.54) is 0 Å². The molecule has 0 radical (unpaired) electrons. The number of hydrogen-bond donors (Lipinski definition) is 4. The second kappa shape index (κ2) is 15.5. The first-order valence-corrected chi connectivity index (χ1v) is 18.3. The van der Waals surface area contributed by atoms with Gasteiger partial charge in [0.15, 0.2) is 11.6 Å². The Morgan fingerprint density at radius 1 is 0.981 bits per heavy atom. The minimum atomic E-state index is -1.01. The maximum Gasteiger partial charge on any atom is 0.407 e. The molecule has 4 N–H and O–H groups in total. The Kier molecular flexibility index (Phi) is 11.0. The van der Waals surface area contributed by atoms with E-state index in [4.69, 9.17) is 4.74 Å². The molecule has 0 bridgehead atoms. The van der Waals surface area contributed by atoms with Crippen LogP contribution in [0, 0.1) is 29.4 Å². The van der Waals surface area contributed by atoms with Crippen molar-refractivity contribution in [2.24, 2.45) is 17.8 Å². The third-order valence-corrected chi connectivity index (χ3v) is 10.0. The molecule has 1 aliphatic carbocycles. The summed E-state index contributed by atoms with van der Waals surface area (Å²) in [7, 11) is 0. The minimum absolute atomic E-state index is 0.00714. The highest BCUT2D eigenvalue weighted by Crippen LogP contribution is 2.34. The summed E-state index contributed by atoms with van der Waals surface area (Å²) in [4.78, 5) is 58.9. The van der Waals surface area contributed by atoms with E-state index in [1.807, 2.05) is 34.6 Å². The molecule has 2 aliphatic rings. The molecule has 3 amide bonds. The highest BCUT2D eigenvalue weighted by atomic mass is 19.2. The Bertz CT molecular complexity index is 2030. The van der Waals surface area contributed by atoms with Crippen molar-refractivity contribution < 1.29 is 32.7 Å². The zero-order valence-corrected chi connectivity index (χ0v) is 30.8. The Hall–Kier alpha value is -5.13. The number of nitrogens with one attached hydrogen (secondary N) is 4. The number of Topliss-reactive ketones (excluding diaryl/α,β-unsaturated/α-hetero) is 1. The van der Waals surface area contributed by atoms with Gasteiger partial charge in [0, 0.05) is 47.7 Å². The van der Waals surface area contributed by atoms with Gasteiger partial charge in [0.05, 0.1) is 11.9 Å². The van der Waals surface area contributed by atoms with Crippen LogP contribution in [0.25, 0.3) is 22.2 Å². The predicted molar refractivity (Wildman–Crippen MR) is 199 cm³/mol. The van der Waals surface area contributed by atoms with E-state index in [0.29, 0.717) is 47.7 Å². The van der Waals surface area contributed by atoms with E-state index >= 15 is 8.78 Å². The fourth-order valence-electron chi connectivity index (χ4n) is 7.13. The van der Waals surface area contributed by atoms with Crippen molar-refractivity contribution in [1.29, 1.82) is 0 Å². The average Bonchev–Trinajstić information content (AvgIpc) is 3.71. The first-order valence-electron chi connectivity index (χ1n) is 18.3. The van der Waals surface area contributed by atoms with Crippen molar-refractivity contribution in [3.63, 3.8) is 0 Å². The summed E-state index contributed by atoms with van der Waals surface area (Å²) in [6, 6.07) is 13.7. The number of carbonyl (C=O) groups excluding carboxylic acids is 4. The van der Waals surface area contributed by atoms with Crippen molar-refractivity contribution >= 4 is 46.1 Å². The van der Waals surface area contributed by atoms with Crippen LogP contribution in [0.5, 0.6) is 0 Å². The van der Waals surface area contributed by atoms with Crippen LogP contribution in [0.4, 0.5) is 25.0 Å². The van der Waals surface area contributed by atoms with Crippen LogP contribution in [0.3, 0.4) is 0 Å². The number of hydrogen-bond acceptors (Lipinski definition) is 6. The molecule has 53 heavy (non-hydrogen) atoms. The fraction of sp³-hybridized carbons (Fsp3) is 0.439. The number of imidazole rings is 1. The van der Waals surface area contributed by atoms with Crippen LogP contribution in [0.15, 0.2) is 48.5 Å². The molecule has 0 unspecified atom stereocenters. The van der Waals surface area contributed by atoms with Gasteiger partial charge in [-0.25, -0.2) is 18.6 Å². The van der Waals surface area contributed by atoms with Gasteiger partial charge in [0.25, 0.3) is 0 Å². The number of nitrogens with zero attached hydrogens (tertiary/aromatic N) is 1. The third kappa shape index (κ3) is 9.09. The van der Waals surface area contributed by atoms with Crippen molar-refractivity contribution in [1.82, 2.24) is 15.3 Å². The molecule has 10 nitrogen and oxygen atoms in total. The molecule has 280 valence electrons. The maximum atomic E-state index is 15.3. The predicted octanol–water partition coefficient (Wildman–Crippen LogP) is 8.21. The molecular formula is C41H47F2N5O5. The van der Waals surface area contributed by atoms with Gasteiger partial charge >= 0.3 is 6.09 Å². The third-order valence-electron chi connectivity index (χ3n) is 10.0. The number of amides is 3. The zero-order valence-electron chi connectivity index (χ0n) is 30.8. The molecular weight excluding hydrogens is 680 g/mol. The van der Waals surface area contributed by atoms with Gasteiger partial charge in [-0.2, -0.15) is 0 Å². The largest absolute Gasteiger partial charge is 0.444 e. The lowest BCUT2D eigenvalue weighted by atomic mass is 9.77. The first-order chi connectivity index (χ1) is 25.1. The smallest absolute Gasteiger partial charge is 0.407 e. The van der Waals surface area contributed by atoms with E-state index in [2.05, 4.69) is 25.9 Å². The van der Waals surface area contributed by atoms with Crippen molar-refractivity contribution in [3.8, 4) is 11.1 Å². The fourth-order valence-corrected chi connectivity index (χ4v) is 7.13. The first kappa shape index (κ1) is 37.6. The molecule has 12 heteroatoms. The lowest BCUT2D eigenvalue weighted by Crippen LogP contribution is -2.37. The molecule has 0 spiro atoms. The van der Waals surface area contributed by atoms with Gasteiger partial charge in [-0.05, 0) is 93.7 Å². The topological polar surface area (TPSA) is 142 Å². The number of H-pyrrole nitrogens is 1. The standard InChI is InChI=1S/C41H47F2N5O5/c1-22(2)38-47-32-20-30(35(42)36(43)37(32)48-38)25-10-6-23(7-11-25)16-28(39(51)45-29-15-14-27-18-34(50)46-31(27)19-29)17-33(49)26-12-8-24(9-13-26)21-44-40(52)53-41(3,4)5/h6-7,10-11,14-15,19-20,22,24,26,28H,8-9,12-13,16-18,21H2,1-5H3,(H,44,52)(H,45,51)(H,46,50)(H,47,48)/t24?,26?,28-/m1/s1. The molecule has 0 saturated heterocycles. The summed E-state index contributed by atoms with van der Waals surface area (Å²) < 4.78 is 35.7. The number of ketones is 1. The summed E-state index contributed by atoms with van der Waals surface area (Å²) in [5.41, 5.74) is 3.09. The van der Waals surface area contributed by atoms with E-state index in [1.54, 1.807) is 48.5 Å². The van der Waals surface area contributed by atoms with Crippen molar-refractivity contribution in [3.05, 3.63) is 77.1 Å². The zero-order chi connectivity index (χ0) is 38.0. The van der Waals surface area contributed by atoms with Gasteiger partial charge < -0.3 is 25.7 Å². The monoisotopic (exact) mass is 727 g/mol. The molecule has 3 aromatic carbocycles.